The average molecular weight is 441 g/mol. The van der Waals surface area contributed by atoms with Gasteiger partial charge in [-0.25, -0.2) is 4.98 Å². The molecular formula is C25H32N2O3S. The van der Waals surface area contributed by atoms with Crippen LogP contribution in [0.25, 0.3) is 10.2 Å². The fraction of sp³-hybridized carbons (Fsp3) is 0.640. The topological polar surface area (TPSA) is 68.3 Å². The lowest BCUT2D eigenvalue weighted by atomic mass is 9.48. The van der Waals surface area contributed by atoms with E-state index in [2.05, 4.69) is 23.3 Å². The maximum atomic E-state index is 12.4. The van der Waals surface area contributed by atoms with E-state index < -0.39 is 0 Å². The summed E-state index contributed by atoms with van der Waals surface area (Å²) in [5.41, 5.74) is 1.28. The summed E-state index contributed by atoms with van der Waals surface area (Å²) >= 11 is 1.67. The van der Waals surface area contributed by atoms with Crippen molar-refractivity contribution in [2.75, 3.05) is 6.61 Å². The van der Waals surface area contributed by atoms with Crippen LogP contribution in [0.4, 0.5) is 0 Å². The van der Waals surface area contributed by atoms with Gasteiger partial charge in [0.1, 0.15) is 0 Å². The van der Waals surface area contributed by atoms with E-state index in [0.29, 0.717) is 12.8 Å². The number of ether oxygens (including phenoxy) is 1. The van der Waals surface area contributed by atoms with Gasteiger partial charge in [0.05, 0.1) is 15.2 Å². The van der Waals surface area contributed by atoms with Crippen LogP contribution < -0.4 is 5.32 Å². The highest BCUT2D eigenvalue weighted by atomic mass is 32.1. The molecule has 1 atom stereocenters. The van der Waals surface area contributed by atoms with Gasteiger partial charge in [0, 0.05) is 12.5 Å². The molecule has 166 valence electrons. The monoisotopic (exact) mass is 440 g/mol. The van der Waals surface area contributed by atoms with Crippen LogP contribution in [0.15, 0.2) is 24.3 Å². The van der Waals surface area contributed by atoms with Crippen LogP contribution in [0.3, 0.4) is 0 Å². The third-order valence-electron chi connectivity index (χ3n) is 7.86. The molecule has 31 heavy (non-hydrogen) atoms. The number of aromatic nitrogens is 1. The molecule has 1 heterocycles. The third kappa shape index (κ3) is 4.50. The Bertz CT molecular complexity index is 900. The van der Waals surface area contributed by atoms with Gasteiger partial charge in [-0.2, -0.15) is 0 Å². The molecule has 0 aliphatic heterocycles. The number of para-hydroxylation sites is 1. The highest BCUT2D eigenvalue weighted by Gasteiger charge is 2.53. The normalized spacial score (nSPS) is 29.8. The van der Waals surface area contributed by atoms with Crippen molar-refractivity contribution in [3.8, 4) is 0 Å². The number of benzene rings is 1. The molecule has 1 unspecified atom stereocenters. The molecule has 6 heteroatoms. The lowest BCUT2D eigenvalue weighted by Gasteiger charge is -2.59. The minimum atomic E-state index is -0.307. The Morgan fingerprint density at radius 1 is 1.16 bits per heavy atom. The van der Waals surface area contributed by atoms with Gasteiger partial charge in [-0.15, -0.1) is 11.3 Å². The number of nitrogens with zero attached hydrogens (tertiary/aromatic N) is 1. The van der Waals surface area contributed by atoms with Crippen LogP contribution in [-0.4, -0.2) is 29.5 Å². The van der Waals surface area contributed by atoms with Crippen molar-refractivity contribution in [2.24, 2.45) is 23.2 Å². The lowest BCUT2D eigenvalue weighted by molar-refractivity contribution is -0.149. The SMILES string of the molecule is CC(NC(=O)COC(=O)CCCc1nc2ccccc2s1)C12CC3CC(CC(C3)C1)C2. The van der Waals surface area contributed by atoms with Crippen molar-refractivity contribution < 1.29 is 14.3 Å². The van der Waals surface area contributed by atoms with Crippen LogP contribution in [0.5, 0.6) is 0 Å². The molecule has 1 N–H and O–H groups in total. The van der Waals surface area contributed by atoms with Crippen molar-refractivity contribution in [3.63, 3.8) is 0 Å². The molecular weight excluding hydrogens is 408 g/mol. The molecule has 1 aromatic carbocycles. The molecule has 6 rings (SSSR count). The van der Waals surface area contributed by atoms with Gasteiger partial charge in [-0.3, -0.25) is 9.59 Å². The number of nitrogens with one attached hydrogen (secondary N) is 1. The Hall–Kier alpha value is -1.95. The molecule has 5 nitrogen and oxygen atoms in total. The van der Waals surface area contributed by atoms with Crippen LogP contribution in [0, 0.1) is 23.2 Å². The fourth-order valence-electron chi connectivity index (χ4n) is 6.77. The van der Waals surface area contributed by atoms with E-state index in [9.17, 15) is 9.59 Å². The summed E-state index contributed by atoms with van der Waals surface area (Å²) in [6, 6.07) is 8.22. The standard InChI is InChI=1S/C25H32N2O3S/c1-16(25-12-17-9-18(13-25)11-19(10-17)14-25)26-22(28)15-30-24(29)8-4-7-23-27-20-5-2-3-6-21(20)31-23/h2-3,5-6,16-19H,4,7-15H2,1H3,(H,26,28). The number of hydrogen-bond donors (Lipinski definition) is 1. The summed E-state index contributed by atoms with van der Waals surface area (Å²) in [5.74, 6) is 2.11. The van der Waals surface area contributed by atoms with E-state index in [1.807, 2.05) is 18.2 Å². The van der Waals surface area contributed by atoms with Gasteiger partial charge in [-0.05, 0) is 93.6 Å². The van der Waals surface area contributed by atoms with Gasteiger partial charge in [0.2, 0.25) is 0 Å². The molecule has 0 radical (unpaired) electrons. The third-order valence-corrected chi connectivity index (χ3v) is 8.95. The highest BCUT2D eigenvalue weighted by Crippen LogP contribution is 2.61. The molecule has 1 amide bonds. The van der Waals surface area contributed by atoms with Gasteiger partial charge < -0.3 is 10.1 Å². The first-order chi connectivity index (χ1) is 15.0. The quantitative estimate of drug-likeness (QED) is 0.594. The lowest BCUT2D eigenvalue weighted by Crippen LogP contribution is -2.56. The first-order valence-corrected chi connectivity index (χ1v) is 12.6. The molecule has 1 aromatic heterocycles. The molecule has 0 spiro atoms. The Morgan fingerprint density at radius 3 is 2.52 bits per heavy atom. The van der Waals surface area contributed by atoms with Crippen molar-refractivity contribution >= 4 is 33.4 Å². The van der Waals surface area contributed by atoms with Gasteiger partial charge in [0.15, 0.2) is 6.61 Å². The first-order valence-electron chi connectivity index (χ1n) is 11.8. The largest absolute Gasteiger partial charge is 0.456 e. The molecule has 4 saturated carbocycles. The first kappa shape index (κ1) is 20.9. The number of thiazole rings is 1. The second kappa shape index (κ2) is 8.53. The van der Waals surface area contributed by atoms with Crippen LogP contribution >= 0.6 is 11.3 Å². The Balaban J connectivity index is 1.04. The summed E-state index contributed by atoms with van der Waals surface area (Å²) < 4.78 is 6.42. The van der Waals surface area contributed by atoms with Gasteiger partial charge in [0.25, 0.3) is 5.91 Å². The number of carbonyl (C=O) groups is 2. The maximum absolute atomic E-state index is 12.4. The fourth-order valence-corrected chi connectivity index (χ4v) is 7.78. The number of fused-ring (bicyclic) bond motifs is 1. The highest BCUT2D eigenvalue weighted by molar-refractivity contribution is 7.18. The predicted octanol–water partition coefficient (Wildman–Crippen LogP) is 4.88. The number of esters is 1. The van der Waals surface area contributed by atoms with Crippen molar-refractivity contribution in [1.29, 1.82) is 0 Å². The molecule has 4 aliphatic carbocycles. The summed E-state index contributed by atoms with van der Waals surface area (Å²) in [7, 11) is 0. The summed E-state index contributed by atoms with van der Waals surface area (Å²) in [4.78, 5) is 29.1. The Labute approximate surface area is 188 Å². The predicted molar refractivity (Wildman–Crippen MR) is 122 cm³/mol. The maximum Gasteiger partial charge on any atom is 0.306 e. The molecule has 2 aromatic rings. The zero-order valence-corrected chi connectivity index (χ0v) is 19.1. The number of rotatable bonds is 8. The summed E-state index contributed by atoms with van der Waals surface area (Å²) in [6.07, 6.45) is 9.71. The second-order valence-electron chi connectivity index (χ2n) is 10.2. The van der Waals surface area contributed by atoms with Gasteiger partial charge >= 0.3 is 5.97 Å². The van der Waals surface area contributed by atoms with Crippen molar-refractivity contribution in [1.82, 2.24) is 10.3 Å². The van der Waals surface area contributed by atoms with Crippen LogP contribution in [-0.2, 0) is 20.7 Å². The smallest absolute Gasteiger partial charge is 0.306 e. The van der Waals surface area contributed by atoms with E-state index >= 15 is 0 Å². The van der Waals surface area contributed by atoms with Crippen molar-refractivity contribution in [3.05, 3.63) is 29.3 Å². The minimum absolute atomic E-state index is 0.158. The van der Waals surface area contributed by atoms with E-state index in [-0.39, 0.29) is 29.9 Å². The van der Waals surface area contributed by atoms with E-state index in [1.165, 1.54) is 43.2 Å². The molecule has 0 saturated heterocycles. The summed E-state index contributed by atoms with van der Waals surface area (Å²) in [5, 5.41) is 4.20. The second-order valence-corrected chi connectivity index (χ2v) is 11.3. The molecule has 4 aliphatic rings. The van der Waals surface area contributed by atoms with Crippen LogP contribution in [0.2, 0.25) is 0 Å². The average Bonchev–Trinajstić information content (AvgIpc) is 3.14. The van der Waals surface area contributed by atoms with E-state index in [1.54, 1.807) is 11.3 Å². The number of hydrogen-bond acceptors (Lipinski definition) is 5. The molecule has 4 fully saturated rings. The zero-order chi connectivity index (χ0) is 21.4. The van der Waals surface area contributed by atoms with Crippen LogP contribution in [0.1, 0.15) is 63.3 Å². The van der Waals surface area contributed by atoms with Gasteiger partial charge in [-0.1, -0.05) is 12.1 Å². The number of amides is 1. The zero-order valence-electron chi connectivity index (χ0n) is 18.3. The Morgan fingerprint density at radius 2 is 1.84 bits per heavy atom. The summed E-state index contributed by atoms with van der Waals surface area (Å²) in [6.45, 7) is 1.99. The Kier molecular flexibility index (Phi) is 5.76. The van der Waals surface area contributed by atoms with Crippen molar-refractivity contribution in [2.45, 2.75) is 70.8 Å². The number of aryl methyl sites for hydroxylation is 1. The number of carbonyl (C=O) groups excluding carboxylic acids is 2. The van der Waals surface area contributed by atoms with E-state index in [4.69, 9.17) is 4.74 Å². The molecule has 4 bridgehead atoms. The van der Waals surface area contributed by atoms with E-state index in [0.717, 1.165) is 34.7 Å². The minimum Gasteiger partial charge on any atom is -0.456 e.